The minimum atomic E-state index is -0.0930. The number of carbonyl (C=O) groups is 1. The van der Waals surface area contributed by atoms with Crippen LogP contribution in [0.4, 0.5) is 0 Å². The molecule has 2 nitrogen and oxygen atoms in total. The number of benzene rings is 2. The summed E-state index contributed by atoms with van der Waals surface area (Å²) in [5.74, 6) is 0.640. The first kappa shape index (κ1) is 13.1. The van der Waals surface area contributed by atoms with E-state index < -0.39 is 0 Å². The summed E-state index contributed by atoms with van der Waals surface area (Å²) in [6, 6.07) is 15.4. The fourth-order valence-corrected chi connectivity index (χ4v) is 1.76. The van der Waals surface area contributed by atoms with E-state index in [4.69, 9.17) is 4.74 Å². The summed E-state index contributed by atoms with van der Waals surface area (Å²) >= 11 is 0. The third-order valence-electron chi connectivity index (χ3n) is 2.90. The van der Waals surface area contributed by atoms with Gasteiger partial charge in [0.15, 0.2) is 5.78 Å². The van der Waals surface area contributed by atoms with E-state index in [1.54, 1.807) is 12.1 Å². The monoisotopic (exact) mass is 252 g/mol. The fourth-order valence-electron chi connectivity index (χ4n) is 1.76. The number of ketones is 1. The fraction of sp³-hybridized carbons (Fsp3) is 0.118. The predicted molar refractivity (Wildman–Crippen MR) is 76.5 cm³/mol. The van der Waals surface area contributed by atoms with Gasteiger partial charge in [-0.2, -0.15) is 0 Å². The molecule has 0 heterocycles. The average molecular weight is 252 g/mol. The third-order valence-corrected chi connectivity index (χ3v) is 2.90. The van der Waals surface area contributed by atoms with Crippen molar-refractivity contribution in [1.29, 1.82) is 0 Å². The maximum Gasteiger partial charge on any atom is 0.185 e. The van der Waals surface area contributed by atoms with Crippen molar-refractivity contribution in [3.05, 3.63) is 77.9 Å². The molecule has 0 fully saturated rings. The summed E-state index contributed by atoms with van der Waals surface area (Å²) < 4.78 is 5.77. The molecule has 0 radical (unpaired) electrons. The summed E-state index contributed by atoms with van der Waals surface area (Å²) in [5, 5.41) is 0. The van der Waals surface area contributed by atoms with Crippen LogP contribution < -0.4 is 4.74 Å². The van der Waals surface area contributed by atoms with E-state index in [0.29, 0.717) is 12.2 Å². The van der Waals surface area contributed by atoms with Crippen molar-refractivity contribution in [1.82, 2.24) is 0 Å². The molecule has 0 unspecified atom stereocenters. The lowest BCUT2D eigenvalue weighted by atomic mass is 10.1. The van der Waals surface area contributed by atoms with Crippen LogP contribution in [0.1, 0.15) is 21.5 Å². The van der Waals surface area contributed by atoms with Gasteiger partial charge in [-0.15, -0.1) is 0 Å². The van der Waals surface area contributed by atoms with E-state index in [-0.39, 0.29) is 5.78 Å². The largest absolute Gasteiger partial charge is 0.489 e. The standard InChI is InChI=1S/C17H16O2/c1-3-16(18)15-10-9-13(2)17(11-15)19-12-14-7-5-4-6-8-14/h3-11H,1,12H2,2H3. The summed E-state index contributed by atoms with van der Waals surface area (Å²) in [5.41, 5.74) is 2.71. The molecular formula is C17H16O2. The van der Waals surface area contributed by atoms with E-state index >= 15 is 0 Å². The van der Waals surface area contributed by atoms with E-state index in [1.165, 1.54) is 6.08 Å². The summed E-state index contributed by atoms with van der Waals surface area (Å²) in [6.45, 7) is 5.95. The van der Waals surface area contributed by atoms with Gasteiger partial charge >= 0.3 is 0 Å². The molecule has 0 bridgehead atoms. The van der Waals surface area contributed by atoms with Crippen molar-refractivity contribution >= 4 is 5.78 Å². The molecule has 0 saturated heterocycles. The second-order valence-corrected chi connectivity index (χ2v) is 4.32. The molecule has 0 saturated carbocycles. The SMILES string of the molecule is C=CC(=O)c1ccc(C)c(OCc2ccccc2)c1. The van der Waals surface area contributed by atoms with Crippen LogP contribution >= 0.6 is 0 Å². The number of allylic oxidation sites excluding steroid dienone is 1. The minimum Gasteiger partial charge on any atom is -0.489 e. The number of aryl methyl sites for hydroxylation is 1. The van der Waals surface area contributed by atoms with Crippen molar-refractivity contribution in [2.75, 3.05) is 0 Å². The second kappa shape index (κ2) is 6.01. The van der Waals surface area contributed by atoms with Crippen LogP contribution in [0.5, 0.6) is 5.75 Å². The Bertz CT molecular complexity index is 585. The molecule has 0 amide bonds. The van der Waals surface area contributed by atoms with Crippen molar-refractivity contribution in [3.8, 4) is 5.75 Å². The molecule has 2 heteroatoms. The van der Waals surface area contributed by atoms with Crippen LogP contribution in [-0.2, 0) is 6.61 Å². The third kappa shape index (κ3) is 3.32. The predicted octanol–water partition coefficient (Wildman–Crippen LogP) is 3.94. The maximum atomic E-state index is 11.6. The Morgan fingerprint density at radius 1 is 1.21 bits per heavy atom. The lowest BCUT2D eigenvalue weighted by Gasteiger charge is -2.10. The van der Waals surface area contributed by atoms with Crippen LogP contribution in [-0.4, -0.2) is 5.78 Å². The number of hydrogen-bond acceptors (Lipinski definition) is 2. The quantitative estimate of drug-likeness (QED) is 0.595. The van der Waals surface area contributed by atoms with Gasteiger partial charge in [0.25, 0.3) is 0 Å². The highest BCUT2D eigenvalue weighted by molar-refractivity contribution is 6.04. The number of ether oxygens (including phenoxy) is 1. The molecule has 0 aliphatic heterocycles. The summed E-state index contributed by atoms with van der Waals surface area (Å²) in [7, 11) is 0. The van der Waals surface area contributed by atoms with Crippen LogP contribution in [0.2, 0.25) is 0 Å². The Morgan fingerprint density at radius 3 is 2.63 bits per heavy atom. The van der Waals surface area contributed by atoms with E-state index in [0.717, 1.165) is 16.9 Å². The highest BCUT2D eigenvalue weighted by Crippen LogP contribution is 2.21. The molecule has 0 atom stereocenters. The van der Waals surface area contributed by atoms with Crippen molar-refractivity contribution in [3.63, 3.8) is 0 Å². The number of hydrogen-bond donors (Lipinski definition) is 0. The van der Waals surface area contributed by atoms with Gasteiger partial charge in [-0.25, -0.2) is 0 Å². The Kier molecular flexibility index (Phi) is 4.14. The van der Waals surface area contributed by atoms with Gasteiger partial charge in [-0.1, -0.05) is 49.0 Å². The first-order valence-electron chi connectivity index (χ1n) is 6.15. The highest BCUT2D eigenvalue weighted by Gasteiger charge is 2.06. The second-order valence-electron chi connectivity index (χ2n) is 4.32. The first-order valence-corrected chi connectivity index (χ1v) is 6.15. The number of rotatable bonds is 5. The molecule has 2 aromatic carbocycles. The Hall–Kier alpha value is -2.35. The topological polar surface area (TPSA) is 26.3 Å². The average Bonchev–Trinajstić information content (AvgIpc) is 2.46. The van der Waals surface area contributed by atoms with Gasteiger partial charge in [0, 0.05) is 5.56 Å². The van der Waals surface area contributed by atoms with E-state index in [1.807, 2.05) is 43.3 Å². The minimum absolute atomic E-state index is 0.0930. The zero-order valence-electron chi connectivity index (χ0n) is 10.9. The lowest BCUT2D eigenvalue weighted by molar-refractivity contribution is 0.104. The Morgan fingerprint density at radius 2 is 1.95 bits per heavy atom. The summed E-state index contributed by atoms with van der Waals surface area (Å²) in [4.78, 5) is 11.6. The van der Waals surface area contributed by atoms with E-state index in [9.17, 15) is 4.79 Å². The van der Waals surface area contributed by atoms with Gasteiger partial charge in [-0.3, -0.25) is 4.79 Å². The Balaban J connectivity index is 2.15. The van der Waals surface area contributed by atoms with Gasteiger partial charge in [0.1, 0.15) is 12.4 Å². The van der Waals surface area contributed by atoms with Crippen molar-refractivity contribution in [2.45, 2.75) is 13.5 Å². The molecule has 0 aliphatic rings. The zero-order chi connectivity index (χ0) is 13.7. The normalized spacial score (nSPS) is 9.95. The molecular weight excluding hydrogens is 236 g/mol. The lowest BCUT2D eigenvalue weighted by Crippen LogP contribution is -2.00. The molecule has 2 aromatic rings. The number of carbonyl (C=O) groups excluding carboxylic acids is 1. The molecule has 0 N–H and O–H groups in total. The molecule has 0 aliphatic carbocycles. The highest BCUT2D eigenvalue weighted by atomic mass is 16.5. The van der Waals surface area contributed by atoms with Crippen molar-refractivity contribution in [2.24, 2.45) is 0 Å². The van der Waals surface area contributed by atoms with Gasteiger partial charge in [0.05, 0.1) is 0 Å². The van der Waals surface area contributed by atoms with Gasteiger partial charge in [-0.05, 0) is 30.2 Å². The van der Waals surface area contributed by atoms with Gasteiger partial charge in [0.2, 0.25) is 0 Å². The van der Waals surface area contributed by atoms with Crippen molar-refractivity contribution < 1.29 is 9.53 Å². The van der Waals surface area contributed by atoms with E-state index in [2.05, 4.69) is 6.58 Å². The first-order chi connectivity index (χ1) is 9.20. The molecule has 0 aromatic heterocycles. The summed E-state index contributed by atoms with van der Waals surface area (Å²) in [6.07, 6.45) is 1.31. The smallest absolute Gasteiger partial charge is 0.185 e. The van der Waals surface area contributed by atoms with Crippen LogP contribution in [0.15, 0.2) is 61.2 Å². The van der Waals surface area contributed by atoms with Crippen LogP contribution in [0.3, 0.4) is 0 Å². The zero-order valence-corrected chi connectivity index (χ0v) is 10.9. The molecule has 0 spiro atoms. The van der Waals surface area contributed by atoms with Gasteiger partial charge < -0.3 is 4.74 Å². The van der Waals surface area contributed by atoms with Crippen LogP contribution in [0, 0.1) is 6.92 Å². The molecule has 19 heavy (non-hydrogen) atoms. The molecule has 2 rings (SSSR count). The van der Waals surface area contributed by atoms with Crippen LogP contribution in [0.25, 0.3) is 0 Å². The Labute approximate surface area is 113 Å². The molecule has 96 valence electrons. The maximum absolute atomic E-state index is 11.6.